The zero-order valence-electron chi connectivity index (χ0n) is 9.80. The highest BCUT2D eigenvalue weighted by Gasteiger charge is 2.40. The van der Waals surface area contributed by atoms with Crippen LogP contribution < -0.4 is 5.32 Å². The fourth-order valence-electron chi connectivity index (χ4n) is 2.81. The largest absolute Gasteiger partial charge is 0.334 e. The maximum atomic E-state index is 12.2. The van der Waals surface area contributed by atoms with E-state index in [9.17, 15) is 4.79 Å². The lowest BCUT2D eigenvalue weighted by molar-refractivity contribution is 0.0737. The molecule has 5 nitrogen and oxygen atoms in total. The summed E-state index contributed by atoms with van der Waals surface area (Å²) in [5.41, 5.74) is 0.704. The van der Waals surface area contributed by atoms with Gasteiger partial charge in [0.2, 0.25) is 0 Å². The molecule has 0 unspecified atom stereocenters. The van der Waals surface area contributed by atoms with Crippen LogP contribution in [0.2, 0.25) is 0 Å². The van der Waals surface area contributed by atoms with Gasteiger partial charge in [0.25, 0.3) is 5.91 Å². The van der Waals surface area contributed by atoms with Crippen molar-refractivity contribution in [3.63, 3.8) is 0 Å². The number of rotatable bonds is 1. The van der Waals surface area contributed by atoms with Gasteiger partial charge in [0.05, 0.1) is 11.8 Å². The summed E-state index contributed by atoms with van der Waals surface area (Å²) in [5.74, 6) is 0.129. The first-order valence-electron chi connectivity index (χ1n) is 5.79. The second-order valence-corrected chi connectivity index (χ2v) is 4.61. The molecule has 0 spiro atoms. The Morgan fingerprint density at radius 2 is 2.35 bits per heavy atom. The molecule has 17 heavy (non-hydrogen) atoms. The summed E-state index contributed by atoms with van der Waals surface area (Å²) in [6.07, 6.45) is 5.60. The standard InChI is InChI=1S/C11H16N4O.ClH/c1-14-7-8(6-13-14)11(16)15-5-3-9-10(15)2-4-12-9;/h6-7,9-10,12H,2-5H2,1H3;1H/t9-,10+;/m1./s1. The Balaban J connectivity index is 0.00000108. The number of nitrogens with zero attached hydrogens (tertiary/aromatic N) is 3. The second-order valence-electron chi connectivity index (χ2n) is 4.61. The Labute approximate surface area is 107 Å². The van der Waals surface area contributed by atoms with Gasteiger partial charge in [-0.3, -0.25) is 9.48 Å². The van der Waals surface area contributed by atoms with Crippen molar-refractivity contribution in [1.29, 1.82) is 0 Å². The molecule has 2 fully saturated rings. The van der Waals surface area contributed by atoms with Gasteiger partial charge in [0.1, 0.15) is 0 Å². The van der Waals surface area contributed by atoms with E-state index in [4.69, 9.17) is 0 Å². The predicted molar refractivity (Wildman–Crippen MR) is 66.3 cm³/mol. The molecule has 2 atom stereocenters. The summed E-state index contributed by atoms with van der Waals surface area (Å²) in [4.78, 5) is 14.2. The first-order valence-corrected chi connectivity index (χ1v) is 5.79. The van der Waals surface area contributed by atoms with Crippen molar-refractivity contribution >= 4 is 18.3 Å². The third kappa shape index (κ3) is 2.05. The molecule has 0 aromatic carbocycles. The number of amides is 1. The lowest BCUT2D eigenvalue weighted by Crippen LogP contribution is -2.38. The van der Waals surface area contributed by atoms with Crippen molar-refractivity contribution in [2.24, 2.45) is 7.05 Å². The van der Waals surface area contributed by atoms with Crippen molar-refractivity contribution in [2.75, 3.05) is 13.1 Å². The summed E-state index contributed by atoms with van der Waals surface area (Å²) in [5, 5.41) is 7.49. The molecule has 94 valence electrons. The Kier molecular flexibility index (Phi) is 3.40. The van der Waals surface area contributed by atoms with E-state index < -0.39 is 0 Å². The maximum absolute atomic E-state index is 12.2. The average Bonchev–Trinajstić information content (AvgIpc) is 2.90. The fourth-order valence-corrected chi connectivity index (χ4v) is 2.81. The molecule has 0 radical (unpaired) electrons. The van der Waals surface area contributed by atoms with E-state index in [1.54, 1.807) is 17.1 Å². The number of likely N-dealkylation sites (tertiary alicyclic amines) is 1. The van der Waals surface area contributed by atoms with E-state index in [2.05, 4.69) is 10.4 Å². The molecule has 2 saturated heterocycles. The van der Waals surface area contributed by atoms with Crippen molar-refractivity contribution in [3.05, 3.63) is 18.0 Å². The van der Waals surface area contributed by atoms with E-state index in [1.165, 1.54) is 0 Å². The highest BCUT2D eigenvalue weighted by molar-refractivity contribution is 5.94. The van der Waals surface area contributed by atoms with Crippen LogP contribution in [0.5, 0.6) is 0 Å². The highest BCUT2D eigenvalue weighted by atomic mass is 35.5. The molecule has 6 heteroatoms. The van der Waals surface area contributed by atoms with Crippen molar-refractivity contribution in [2.45, 2.75) is 24.9 Å². The molecular weight excluding hydrogens is 240 g/mol. The summed E-state index contributed by atoms with van der Waals surface area (Å²) in [6, 6.07) is 0.910. The third-order valence-electron chi connectivity index (χ3n) is 3.61. The lowest BCUT2D eigenvalue weighted by Gasteiger charge is -2.22. The molecule has 2 aliphatic rings. The van der Waals surface area contributed by atoms with Crippen LogP contribution in [0.3, 0.4) is 0 Å². The number of aromatic nitrogens is 2. The minimum Gasteiger partial charge on any atom is -0.334 e. The zero-order valence-corrected chi connectivity index (χ0v) is 10.6. The zero-order chi connectivity index (χ0) is 11.1. The fraction of sp³-hybridized carbons (Fsp3) is 0.636. The van der Waals surface area contributed by atoms with Crippen LogP contribution in [-0.4, -0.2) is 45.8 Å². The highest BCUT2D eigenvalue weighted by Crippen LogP contribution is 2.26. The topological polar surface area (TPSA) is 50.2 Å². The summed E-state index contributed by atoms with van der Waals surface area (Å²) in [6.45, 7) is 1.90. The van der Waals surface area contributed by atoms with E-state index >= 15 is 0 Å². The number of halogens is 1. The monoisotopic (exact) mass is 256 g/mol. The molecule has 0 aliphatic carbocycles. The van der Waals surface area contributed by atoms with Gasteiger partial charge in [-0.2, -0.15) is 5.10 Å². The van der Waals surface area contributed by atoms with Gasteiger partial charge in [0, 0.05) is 31.9 Å². The van der Waals surface area contributed by atoms with Gasteiger partial charge in [-0.15, -0.1) is 12.4 Å². The van der Waals surface area contributed by atoms with Crippen LogP contribution in [0.1, 0.15) is 23.2 Å². The molecule has 0 saturated carbocycles. The molecule has 1 aromatic heterocycles. The summed E-state index contributed by atoms with van der Waals surface area (Å²) in [7, 11) is 1.83. The summed E-state index contributed by atoms with van der Waals surface area (Å²) >= 11 is 0. The molecule has 3 heterocycles. The molecule has 3 rings (SSSR count). The number of fused-ring (bicyclic) bond motifs is 1. The minimum atomic E-state index is 0. The number of nitrogens with one attached hydrogen (secondary N) is 1. The number of carbonyl (C=O) groups is 1. The number of hydrogen-bond donors (Lipinski definition) is 1. The Morgan fingerprint density at radius 3 is 3.06 bits per heavy atom. The van der Waals surface area contributed by atoms with Crippen LogP contribution in [-0.2, 0) is 7.05 Å². The molecule has 1 aromatic rings. The van der Waals surface area contributed by atoms with Crippen molar-refractivity contribution in [1.82, 2.24) is 20.0 Å². The van der Waals surface area contributed by atoms with Crippen molar-refractivity contribution < 1.29 is 4.79 Å². The van der Waals surface area contributed by atoms with Gasteiger partial charge in [-0.25, -0.2) is 0 Å². The first-order chi connectivity index (χ1) is 7.75. The second kappa shape index (κ2) is 4.66. The normalized spacial score (nSPS) is 26.8. The SMILES string of the molecule is Cl.Cn1cc(C(=O)N2CC[C@H]3NCC[C@@H]32)cn1. The third-order valence-corrected chi connectivity index (χ3v) is 3.61. The van der Waals surface area contributed by atoms with Gasteiger partial charge in [-0.05, 0) is 19.4 Å². The van der Waals surface area contributed by atoms with Gasteiger partial charge in [0.15, 0.2) is 0 Å². The molecule has 1 N–H and O–H groups in total. The summed E-state index contributed by atoms with van der Waals surface area (Å²) < 4.78 is 1.67. The molecule has 0 bridgehead atoms. The van der Waals surface area contributed by atoms with Gasteiger partial charge in [-0.1, -0.05) is 0 Å². The lowest BCUT2D eigenvalue weighted by atomic mass is 10.1. The van der Waals surface area contributed by atoms with Crippen LogP contribution in [0.4, 0.5) is 0 Å². The van der Waals surface area contributed by atoms with Crippen LogP contribution in [0.15, 0.2) is 12.4 Å². The number of aryl methyl sites for hydroxylation is 1. The minimum absolute atomic E-state index is 0. The molecule has 2 aliphatic heterocycles. The maximum Gasteiger partial charge on any atom is 0.257 e. The molecule has 1 amide bonds. The van der Waals surface area contributed by atoms with Crippen LogP contribution >= 0.6 is 12.4 Å². The quantitative estimate of drug-likeness (QED) is 0.792. The number of carbonyl (C=O) groups excluding carboxylic acids is 1. The van der Waals surface area contributed by atoms with E-state index in [0.717, 1.165) is 25.9 Å². The van der Waals surface area contributed by atoms with E-state index in [0.29, 0.717) is 17.6 Å². The Hall–Kier alpha value is -1.07. The van der Waals surface area contributed by atoms with Crippen LogP contribution in [0, 0.1) is 0 Å². The van der Waals surface area contributed by atoms with Gasteiger partial charge < -0.3 is 10.2 Å². The van der Waals surface area contributed by atoms with E-state index in [-0.39, 0.29) is 18.3 Å². The number of hydrogen-bond acceptors (Lipinski definition) is 3. The van der Waals surface area contributed by atoms with E-state index in [1.807, 2.05) is 11.9 Å². The predicted octanol–water partition coefficient (Wildman–Crippen LogP) is 0.418. The smallest absolute Gasteiger partial charge is 0.257 e. The van der Waals surface area contributed by atoms with Crippen LogP contribution in [0.25, 0.3) is 0 Å². The Bertz CT molecular complexity index is 419. The Morgan fingerprint density at radius 1 is 1.53 bits per heavy atom. The van der Waals surface area contributed by atoms with Crippen molar-refractivity contribution in [3.8, 4) is 0 Å². The average molecular weight is 257 g/mol. The first kappa shape index (κ1) is 12.4. The van der Waals surface area contributed by atoms with Gasteiger partial charge >= 0.3 is 0 Å². The molecular formula is C11H17ClN4O.